The molecule has 17 heavy (non-hydrogen) atoms. The molecule has 0 atom stereocenters. The van der Waals surface area contributed by atoms with Crippen molar-refractivity contribution in [3.63, 3.8) is 0 Å². The third kappa shape index (κ3) is 2.77. The fraction of sp³-hybridized carbons (Fsp3) is 0.462. The van der Waals surface area contributed by atoms with Gasteiger partial charge >= 0.3 is 5.97 Å². The molecule has 0 spiro atoms. The highest BCUT2D eigenvalue weighted by atomic mass is 16.5. The highest BCUT2D eigenvalue weighted by molar-refractivity contribution is 5.89. The molecule has 0 heterocycles. The van der Waals surface area contributed by atoms with Crippen LogP contribution in [0.3, 0.4) is 0 Å². The first kappa shape index (κ1) is 11.9. The number of hydrogen-bond acceptors (Lipinski definition) is 4. The van der Waals surface area contributed by atoms with Gasteiger partial charge in [0.2, 0.25) is 0 Å². The van der Waals surface area contributed by atoms with Crippen LogP contribution in [0.2, 0.25) is 0 Å². The zero-order valence-electron chi connectivity index (χ0n) is 10.2. The maximum absolute atomic E-state index is 11.2. The van der Waals surface area contributed by atoms with E-state index < -0.39 is 0 Å². The minimum Gasteiger partial charge on any atom is -0.492 e. The van der Waals surface area contributed by atoms with Crippen molar-refractivity contribution < 1.29 is 14.3 Å². The first-order chi connectivity index (χ1) is 8.19. The molecular formula is C13H17NO3. The van der Waals surface area contributed by atoms with Gasteiger partial charge < -0.3 is 14.8 Å². The standard InChI is InChI=1S/C13H17NO3/c1-14-13(7-8-13)9-17-11-5-3-10(4-6-11)12(15)16-2/h3-6,14H,7-9H2,1-2H3. The van der Waals surface area contributed by atoms with E-state index in [0.29, 0.717) is 12.2 Å². The maximum atomic E-state index is 11.2. The summed E-state index contributed by atoms with van der Waals surface area (Å²) < 4.78 is 10.3. The molecular weight excluding hydrogens is 218 g/mol. The molecule has 2 rings (SSSR count). The van der Waals surface area contributed by atoms with E-state index in [1.165, 1.54) is 7.11 Å². The van der Waals surface area contributed by atoms with Crippen molar-refractivity contribution in [2.75, 3.05) is 20.8 Å². The number of carbonyl (C=O) groups is 1. The molecule has 4 heteroatoms. The molecule has 92 valence electrons. The van der Waals surface area contributed by atoms with Gasteiger partial charge in [0.1, 0.15) is 12.4 Å². The van der Waals surface area contributed by atoms with Crippen LogP contribution >= 0.6 is 0 Å². The molecule has 0 amide bonds. The second-order valence-electron chi connectivity index (χ2n) is 4.33. The van der Waals surface area contributed by atoms with Gasteiger partial charge in [-0.2, -0.15) is 0 Å². The van der Waals surface area contributed by atoms with Crippen molar-refractivity contribution >= 4 is 5.97 Å². The van der Waals surface area contributed by atoms with Crippen LogP contribution in [0.1, 0.15) is 23.2 Å². The number of esters is 1. The maximum Gasteiger partial charge on any atom is 0.337 e. The number of likely N-dealkylation sites (N-methyl/N-ethyl adjacent to an activating group) is 1. The average molecular weight is 235 g/mol. The largest absolute Gasteiger partial charge is 0.492 e. The van der Waals surface area contributed by atoms with Crippen molar-refractivity contribution in [1.82, 2.24) is 5.32 Å². The van der Waals surface area contributed by atoms with E-state index in [9.17, 15) is 4.79 Å². The lowest BCUT2D eigenvalue weighted by Crippen LogP contribution is -2.33. The van der Waals surface area contributed by atoms with Gasteiger partial charge in [-0.25, -0.2) is 4.79 Å². The van der Waals surface area contributed by atoms with Crippen LogP contribution in [0.5, 0.6) is 5.75 Å². The van der Waals surface area contributed by atoms with Gasteiger partial charge in [0, 0.05) is 0 Å². The normalized spacial score (nSPS) is 16.4. The number of rotatable bonds is 5. The smallest absolute Gasteiger partial charge is 0.337 e. The predicted molar refractivity (Wildman–Crippen MR) is 64.3 cm³/mol. The Labute approximate surface area is 101 Å². The number of methoxy groups -OCH3 is 1. The quantitative estimate of drug-likeness (QED) is 0.788. The van der Waals surface area contributed by atoms with Gasteiger partial charge in [0.05, 0.1) is 18.2 Å². The Kier molecular flexibility index (Phi) is 3.33. The summed E-state index contributed by atoms with van der Waals surface area (Å²) >= 11 is 0. The fourth-order valence-corrected chi connectivity index (χ4v) is 1.64. The molecule has 0 saturated heterocycles. The minimum absolute atomic E-state index is 0.168. The fourth-order valence-electron chi connectivity index (χ4n) is 1.64. The molecule has 1 aliphatic rings. The molecule has 1 N–H and O–H groups in total. The Morgan fingerprint density at radius 3 is 2.47 bits per heavy atom. The Balaban J connectivity index is 1.92. The van der Waals surface area contributed by atoms with E-state index in [2.05, 4.69) is 10.1 Å². The highest BCUT2D eigenvalue weighted by Crippen LogP contribution is 2.35. The lowest BCUT2D eigenvalue weighted by atomic mass is 10.2. The van der Waals surface area contributed by atoms with E-state index in [1.54, 1.807) is 24.3 Å². The molecule has 1 aromatic carbocycles. The predicted octanol–water partition coefficient (Wildman–Crippen LogP) is 1.60. The van der Waals surface area contributed by atoms with Crippen molar-refractivity contribution in [3.8, 4) is 5.75 Å². The zero-order valence-corrected chi connectivity index (χ0v) is 10.2. The van der Waals surface area contributed by atoms with E-state index >= 15 is 0 Å². The lowest BCUT2D eigenvalue weighted by molar-refractivity contribution is 0.0600. The first-order valence-corrected chi connectivity index (χ1v) is 5.69. The van der Waals surface area contributed by atoms with Crippen LogP contribution in [0.4, 0.5) is 0 Å². The first-order valence-electron chi connectivity index (χ1n) is 5.69. The summed E-state index contributed by atoms with van der Waals surface area (Å²) in [6, 6.07) is 7.00. The van der Waals surface area contributed by atoms with Gasteiger partial charge in [-0.05, 0) is 44.2 Å². The van der Waals surface area contributed by atoms with Gasteiger partial charge in [0.15, 0.2) is 0 Å². The summed E-state index contributed by atoms with van der Waals surface area (Å²) in [5, 5.41) is 3.26. The Morgan fingerprint density at radius 1 is 1.35 bits per heavy atom. The van der Waals surface area contributed by atoms with Crippen LogP contribution in [0.25, 0.3) is 0 Å². The summed E-state index contributed by atoms with van der Waals surface area (Å²) in [4.78, 5) is 11.2. The highest BCUT2D eigenvalue weighted by Gasteiger charge is 2.41. The second-order valence-corrected chi connectivity index (χ2v) is 4.33. The zero-order chi connectivity index (χ0) is 12.3. The number of hydrogen-bond donors (Lipinski definition) is 1. The molecule has 1 fully saturated rings. The summed E-state index contributed by atoms with van der Waals surface area (Å²) in [7, 11) is 3.33. The molecule has 0 unspecified atom stereocenters. The topological polar surface area (TPSA) is 47.6 Å². The van der Waals surface area contributed by atoms with E-state index in [1.807, 2.05) is 7.05 Å². The molecule has 1 aliphatic carbocycles. The number of benzene rings is 1. The third-order valence-corrected chi connectivity index (χ3v) is 3.17. The summed E-state index contributed by atoms with van der Waals surface area (Å²) in [6.45, 7) is 0.668. The summed E-state index contributed by atoms with van der Waals surface area (Å²) in [5.41, 5.74) is 0.704. The molecule has 0 bridgehead atoms. The Bertz CT molecular complexity index is 396. The van der Waals surface area contributed by atoms with Crippen LogP contribution in [-0.4, -0.2) is 32.3 Å². The number of ether oxygens (including phenoxy) is 2. The molecule has 1 aromatic rings. The van der Waals surface area contributed by atoms with Crippen LogP contribution in [-0.2, 0) is 4.74 Å². The van der Waals surface area contributed by atoms with Crippen molar-refractivity contribution in [1.29, 1.82) is 0 Å². The van der Waals surface area contributed by atoms with Crippen molar-refractivity contribution in [3.05, 3.63) is 29.8 Å². The SMILES string of the molecule is CNC1(COc2ccc(C(=O)OC)cc2)CC1. The average Bonchev–Trinajstić information content (AvgIpc) is 3.17. The molecule has 0 aromatic heterocycles. The summed E-state index contributed by atoms with van der Waals surface area (Å²) in [6.07, 6.45) is 2.31. The number of nitrogens with one attached hydrogen (secondary N) is 1. The van der Waals surface area contributed by atoms with Crippen LogP contribution < -0.4 is 10.1 Å². The molecule has 4 nitrogen and oxygen atoms in total. The van der Waals surface area contributed by atoms with Crippen molar-refractivity contribution in [2.45, 2.75) is 18.4 Å². The van der Waals surface area contributed by atoms with E-state index in [4.69, 9.17) is 4.74 Å². The lowest BCUT2D eigenvalue weighted by Gasteiger charge is -2.15. The van der Waals surface area contributed by atoms with Gasteiger partial charge in [0.25, 0.3) is 0 Å². The van der Waals surface area contributed by atoms with Gasteiger partial charge in [-0.1, -0.05) is 0 Å². The van der Waals surface area contributed by atoms with Gasteiger partial charge in [-0.3, -0.25) is 0 Å². The molecule has 1 saturated carbocycles. The van der Waals surface area contributed by atoms with Crippen LogP contribution in [0, 0.1) is 0 Å². The van der Waals surface area contributed by atoms with Gasteiger partial charge in [-0.15, -0.1) is 0 Å². The number of carbonyl (C=O) groups excluding carboxylic acids is 1. The van der Waals surface area contributed by atoms with Crippen molar-refractivity contribution in [2.24, 2.45) is 0 Å². The Hall–Kier alpha value is -1.55. The second kappa shape index (κ2) is 4.75. The summed E-state index contributed by atoms with van der Waals surface area (Å²) in [5.74, 6) is 0.449. The van der Waals surface area contributed by atoms with E-state index in [-0.39, 0.29) is 11.5 Å². The molecule has 0 aliphatic heterocycles. The monoisotopic (exact) mass is 235 g/mol. The third-order valence-electron chi connectivity index (χ3n) is 3.17. The molecule has 0 radical (unpaired) electrons. The van der Waals surface area contributed by atoms with Crippen LogP contribution in [0.15, 0.2) is 24.3 Å². The van der Waals surface area contributed by atoms with E-state index in [0.717, 1.165) is 18.6 Å². The Morgan fingerprint density at radius 2 is 2.00 bits per heavy atom. The minimum atomic E-state index is -0.328.